The Kier molecular flexibility index (Phi) is 9.26. The fraction of sp³-hybridized carbons (Fsp3) is 0.294. The number of carbonyl (C=O) groups excluding carboxylic acids is 1. The lowest BCUT2D eigenvalue weighted by atomic mass is 10.1. The van der Waals surface area contributed by atoms with Gasteiger partial charge in [0.15, 0.2) is 0 Å². The number of aliphatic carboxylic acids is 1. The van der Waals surface area contributed by atoms with Crippen LogP contribution in [0.5, 0.6) is 5.75 Å². The van der Waals surface area contributed by atoms with Gasteiger partial charge >= 0.3 is 11.9 Å². The maximum atomic E-state index is 11.1. The van der Waals surface area contributed by atoms with Crippen LogP contribution >= 0.6 is 0 Å². The maximum Gasteiger partial charge on any atom is 0.335 e. The third-order valence-electron chi connectivity index (χ3n) is 2.51. The molecule has 0 aliphatic carbocycles. The zero-order chi connectivity index (χ0) is 16.3. The number of rotatable bonds is 6. The number of benzene rings is 1. The second kappa shape index (κ2) is 10.4. The third-order valence-corrected chi connectivity index (χ3v) is 2.51. The Morgan fingerprint density at radius 1 is 1.33 bits per heavy atom. The van der Waals surface area contributed by atoms with Gasteiger partial charge in [0, 0.05) is 11.6 Å². The molecular formula is C17H22O4. The lowest BCUT2D eigenvalue weighted by Gasteiger charge is -2.07. The van der Waals surface area contributed by atoms with E-state index in [1.807, 2.05) is 24.3 Å². The second-order valence-corrected chi connectivity index (χ2v) is 4.42. The number of hydrogen-bond acceptors (Lipinski definition) is 3. The van der Waals surface area contributed by atoms with Gasteiger partial charge in [-0.25, -0.2) is 9.59 Å². The molecule has 0 radical (unpaired) electrons. The number of carboxylic acid groups (broad SMARTS) is 1. The summed E-state index contributed by atoms with van der Waals surface area (Å²) in [5.74, 6) is -0.690. The lowest BCUT2D eigenvalue weighted by molar-refractivity contribution is -0.132. The van der Waals surface area contributed by atoms with Gasteiger partial charge in [-0.2, -0.15) is 0 Å². The Bertz CT molecular complexity index is 491. The minimum absolute atomic E-state index is 0.176. The van der Waals surface area contributed by atoms with Crippen LogP contribution in [0, 0.1) is 0 Å². The third kappa shape index (κ3) is 8.42. The summed E-state index contributed by atoms with van der Waals surface area (Å²) in [5.41, 5.74) is 1.25. The van der Waals surface area contributed by atoms with Crippen LogP contribution in [0.15, 0.2) is 49.1 Å². The molecule has 0 saturated carbocycles. The van der Waals surface area contributed by atoms with Crippen molar-refractivity contribution in [1.82, 2.24) is 0 Å². The molecule has 0 saturated heterocycles. The summed E-state index contributed by atoms with van der Waals surface area (Å²) in [5, 5.41) is 7.89. The molecule has 4 heteroatoms. The molecule has 0 heterocycles. The van der Waals surface area contributed by atoms with Crippen LogP contribution in [-0.4, -0.2) is 17.0 Å². The van der Waals surface area contributed by atoms with E-state index in [9.17, 15) is 9.59 Å². The van der Waals surface area contributed by atoms with E-state index in [1.165, 1.54) is 13.0 Å². The number of esters is 1. The number of hydrogen-bond donors (Lipinski definition) is 1. The Hall–Kier alpha value is -2.36. The molecular weight excluding hydrogens is 268 g/mol. The van der Waals surface area contributed by atoms with Crippen molar-refractivity contribution in [2.75, 3.05) is 0 Å². The van der Waals surface area contributed by atoms with Crippen molar-refractivity contribution < 1.29 is 19.4 Å². The largest absolute Gasteiger partial charge is 0.478 e. The quantitative estimate of drug-likeness (QED) is 0.492. The van der Waals surface area contributed by atoms with Crippen molar-refractivity contribution in [3.8, 4) is 5.75 Å². The van der Waals surface area contributed by atoms with Crippen LogP contribution in [0.2, 0.25) is 0 Å². The van der Waals surface area contributed by atoms with Gasteiger partial charge in [-0.1, -0.05) is 44.7 Å². The first-order valence-corrected chi connectivity index (χ1v) is 6.73. The van der Waals surface area contributed by atoms with Crippen LogP contribution in [0.1, 0.15) is 32.3 Å². The number of ether oxygens (including phenoxy) is 1. The van der Waals surface area contributed by atoms with E-state index in [-0.39, 0.29) is 5.57 Å². The van der Waals surface area contributed by atoms with Gasteiger partial charge in [0.05, 0.1) is 0 Å². The highest BCUT2D eigenvalue weighted by atomic mass is 16.5. The monoisotopic (exact) mass is 290 g/mol. The highest BCUT2D eigenvalue weighted by molar-refractivity contribution is 5.84. The van der Waals surface area contributed by atoms with E-state index in [0.29, 0.717) is 5.75 Å². The standard InChI is InChI=1S/C13H16O2.C4H6O2/c1-3-5-8-11-9-6-7-10-12(11)15-13(14)4-2;1-3(2)4(5)6/h4,6-7,9-10H,2-3,5,8H2,1H3;1H2,2H3,(H,5,6). The Balaban J connectivity index is 0.000000567. The molecule has 1 aromatic carbocycles. The predicted octanol–water partition coefficient (Wildman–Crippen LogP) is 3.77. The Morgan fingerprint density at radius 3 is 2.38 bits per heavy atom. The molecule has 0 amide bonds. The van der Waals surface area contributed by atoms with Crippen molar-refractivity contribution in [2.24, 2.45) is 0 Å². The van der Waals surface area contributed by atoms with Crippen molar-refractivity contribution >= 4 is 11.9 Å². The molecule has 0 fully saturated rings. The molecule has 0 spiro atoms. The minimum atomic E-state index is -0.935. The van der Waals surface area contributed by atoms with E-state index in [4.69, 9.17) is 9.84 Å². The van der Waals surface area contributed by atoms with Gasteiger partial charge < -0.3 is 9.84 Å². The summed E-state index contributed by atoms with van der Waals surface area (Å²) < 4.78 is 5.13. The van der Waals surface area contributed by atoms with Crippen molar-refractivity contribution in [3.05, 3.63) is 54.6 Å². The molecule has 0 atom stereocenters. The summed E-state index contributed by atoms with van der Waals surface area (Å²) >= 11 is 0. The zero-order valence-corrected chi connectivity index (χ0v) is 12.6. The number of unbranched alkanes of at least 4 members (excludes halogenated alkanes) is 1. The summed E-state index contributed by atoms with van der Waals surface area (Å²) in [7, 11) is 0. The first-order chi connectivity index (χ1) is 9.92. The fourth-order valence-corrected chi connectivity index (χ4v) is 1.33. The van der Waals surface area contributed by atoms with Gasteiger partial charge in [0.1, 0.15) is 5.75 Å². The Labute approximate surface area is 125 Å². The van der Waals surface area contributed by atoms with Crippen molar-refractivity contribution in [1.29, 1.82) is 0 Å². The molecule has 0 unspecified atom stereocenters. The van der Waals surface area contributed by atoms with E-state index < -0.39 is 11.9 Å². The summed E-state index contributed by atoms with van der Waals surface area (Å²) in [6.45, 7) is 10.1. The summed E-state index contributed by atoms with van der Waals surface area (Å²) in [6, 6.07) is 7.62. The molecule has 0 aliphatic heterocycles. The van der Waals surface area contributed by atoms with Gasteiger partial charge in [-0.05, 0) is 31.4 Å². The second-order valence-electron chi connectivity index (χ2n) is 4.42. The van der Waals surface area contributed by atoms with Crippen LogP contribution in [0.4, 0.5) is 0 Å². The molecule has 0 aromatic heterocycles. The lowest BCUT2D eigenvalue weighted by Crippen LogP contribution is -2.05. The van der Waals surface area contributed by atoms with Gasteiger partial charge in [0.25, 0.3) is 0 Å². The number of aryl methyl sites for hydroxylation is 1. The SMILES string of the molecule is C=C(C)C(=O)O.C=CC(=O)Oc1ccccc1CCCC. The molecule has 1 aromatic rings. The first-order valence-electron chi connectivity index (χ1n) is 6.73. The average molecular weight is 290 g/mol. The topological polar surface area (TPSA) is 63.6 Å². The highest BCUT2D eigenvalue weighted by Crippen LogP contribution is 2.20. The smallest absolute Gasteiger partial charge is 0.335 e. The normalized spacial score (nSPS) is 9.05. The van der Waals surface area contributed by atoms with E-state index in [2.05, 4.69) is 20.1 Å². The number of carboxylic acids is 1. The van der Waals surface area contributed by atoms with Gasteiger partial charge in [-0.15, -0.1) is 0 Å². The van der Waals surface area contributed by atoms with Crippen LogP contribution in [-0.2, 0) is 16.0 Å². The van der Waals surface area contributed by atoms with Gasteiger partial charge in [-0.3, -0.25) is 0 Å². The van der Waals surface area contributed by atoms with E-state index in [0.717, 1.165) is 24.8 Å². The number of para-hydroxylation sites is 1. The predicted molar refractivity (Wildman–Crippen MR) is 83.3 cm³/mol. The summed E-state index contributed by atoms with van der Waals surface area (Å²) in [6.07, 6.45) is 4.35. The highest BCUT2D eigenvalue weighted by Gasteiger charge is 2.05. The number of carbonyl (C=O) groups is 2. The van der Waals surface area contributed by atoms with Crippen LogP contribution < -0.4 is 4.74 Å². The fourth-order valence-electron chi connectivity index (χ4n) is 1.33. The van der Waals surface area contributed by atoms with E-state index in [1.54, 1.807) is 0 Å². The van der Waals surface area contributed by atoms with Gasteiger partial charge in [0.2, 0.25) is 0 Å². The van der Waals surface area contributed by atoms with E-state index >= 15 is 0 Å². The minimum Gasteiger partial charge on any atom is -0.478 e. The van der Waals surface area contributed by atoms with Crippen molar-refractivity contribution in [2.45, 2.75) is 33.1 Å². The molecule has 21 heavy (non-hydrogen) atoms. The average Bonchev–Trinajstić information content (AvgIpc) is 2.46. The maximum absolute atomic E-state index is 11.1. The molecule has 1 N–H and O–H groups in total. The van der Waals surface area contributed by atoms with Crippen LogP contribution in [0.25, 0.3) is 0 Å². The zero-order valence-electron chi connectivity index (χ0n) is 12.6. The molecule has 4 nitrogen and oxygen atoms in total. The first kappa shape index (κ1) is 18.6. The molecule has 0 bridgehead atoms. The molecule has 114 valence electrons. The molecule has 1 rings (SSSR count). The van der Waals surface area contributed by atoms with Crippen molar-refractivity contribution in [3.63, 3.8) is 0 Å². The molecule has 0 aliphatic rings. The van der Waals surface area contributed by atoms with Crippen LogP contribution in [0.3, 0.4) is 0 Å². The Morgan fingerprint density at radius 2 is 1.90 bits per heavy atom. The summed E-state index contributed by atoms with van der Waals surface area (Å²) in [4.78, 5) is 20.7.